The number of rotatable bonds is 3. The summed E-state index contributed by atoms with van der Waals surface area (Å²) in [5.74, 6) is -0.230. The van der Waals surface area contributed by atoms with Crippen LogP contribution >= 0.6 is 11.3 Å². The van der Waals surface area contributed by atoms with Crippen LogP contribution < -0.4 is 0 Å². The van der Waals surface area contributed by atoms with Crippen molar-refractivity contribution >= 4 is 11.3 Å². The lowest BCUT2D eigenvalue weighted by molar-refractivity contribution is 0.178. The Bertz CT molecular complexity index is 465. The van der Waals surface area contributed by atoms with E-state index >= 15 is 0 Å². The Kier molecular flexibility index (Phi) is 3.36. The fraction of sp³-hybridized carbons (Fsp3) is 0.231. The van der Waals surface area contributed by atoms with Gasteiger partial charge in [-0.2, -0.15) is 11.3 Å². The molecule has 0 radical (unpaired) electrons. The summed E-state index contributed by atoms with van der Waals surface area (Å²) in [6.07, 6.45) is 0.0167. The van der Waals surface area contributed by atoms with Crippen molar-refractivity contribution in [2.24, 2.45) is 0 Å². The van der Waals surface area contributed by atoms with Gasteiger partial charge in [0.25, 0.3) is 0 Å². The molecule has 1 aromatic carbocycles. The van der Waals surface area contributed by atoms with E-state index in [9.17, 15) is 9.50 Å². The summed E-state index contributed by atoms with van der Waals surface area (Å²) in [5.41, 5.74) is 2.45. The predicted octanol–water partition coefficient (Wildman–Crippen LogP) is 3.47. The van der Waals surface area contributed by atoms with E-state index in [4.69, 9.17) is 0 Å². The molecule has 0 bridgehead atoms. The van der Waals surface area contributed by atoms with E-state index in [1.807, 2.05) is 16.8 Å². The molecule has 1 nitrogen and oxygen atoms in total. The summed E-state index contributed by atoms with van der Waals surface area (Å²) in [7, 11) is 0. The Morgan fingerprint density at radius 1 is 1.38 bits per heavy atom. The molecule has 1 aromatic heterocycles. The molecule has 2 rings (SSSR count). The third-order valence-electron chi connectivity index (χ3n) is 2.58. The third-order valence-corrected chi connectivity index (χ3v) is 3.31. The number of aryl methyl sites for hydroxylation is 1. The minimum atomic E-state index is -0.561. The molecule has 0 spiro atoms. The number of hydrogen-bond acceptors (Lipinski definition) is 2. The first kappa shape index (κ1) is 11.3. The van der Waals surface area contributed by atoms with Crippen LogP contribution in [0.5, 0.6) is 0 Å². The van der Waals surface area contributed by atoms with Gasteiger partial charge in [-0.05, 0) is 46.5 Å². The van der Waals surface area contributed by atoms with Crippen LogP contribution in [0, 0.1) is 12.7 Å². The van der Waals surface area contributed by atoms with E-state index in [1.165, 1.54) is 6.07 Å². The minimum absolute atomic E-state index is 0.230. The van der Waals surface area contributed by atoms with Crippen molar-refractivity contribution in [2.45, 2.75) is 19.4 Å². The normalized spacial score (nSPS) is 12.7. The van der Waals surface area contributed by atoms with E-state index in [1.54, 1.807) is 30.4 Å². The maximum atomic E-state index is 13.1. The lowest BCUT2D eigenvalue weighted by atomic mass is 10.0. The van der Waals surface area contributed by atoms with Crippen molar-refractivity contribution in [3.05, 3.63) is 57.5 Å². The first-order chi connectivity index (χ1) is 7.66. The van der Waals surface area contributed by atoms with Gasteiger partial charge in [-0.25, -0.2) is 4.39 Å². The molecular weight excluding hydrogens is 223 g/mol. The van der Waals surface area contributed by atoms with Crippen molar-refractivity contribution in [3.8, 4) is 0 Å². The second kappa shape index (κ2) is 4.76. The van der Waals surface area contributed by atoms with Crippen LogP contribution in [0.25, 0.3) is 0 Å². The predicted molar refractivity (Wildman–Crippen MR) is 64.1 cm³/mol. The monoisotopic (exact) mass is 236 g/mol. The van der Waals surface area contributed by atoms with Gasteiger partial charge in [-0.3, -0.25) is 0 Å². The van der Waals surface area contributed by atoms with Crippen LogP contribution in [-0.2, 0) is 6.42 Å². The lowest BCUT2D eigenvalue weighted by Gasteiger charge is -2.11. The van der Waals surface area contributed by atoms with Crippen molar-refractivity contribution < 1.29 is 9.50 Å². The first-order valence-corrected chi connectivity index (χ1v) is 6.06. The van der Waals surface area contributed by atoms with Gasteiger partial charge in [-0.1, -0.05) is 12.1 Å². The fourth-order valence-electron chi connectivity index (χ4n) is 1.63. The number of benzene rings is 1. The van der Waals surface area contributed by atoms with Crippen LogP contribution in [0.1, 0.15) is 22.8 Å². The summed E-state index contributed by atoms with van der Waals surface area (Å²) >= 11 is 1.61. The van der Waals surface area contributed by atoms with E-state index in [0.29, 0.717) is 12.0 Å². The molecule has 1 heterocycles. The Morgan fingerprint density at radius 3 is 2.81 bits per heavy atom. The highest BCUT2D eigenvalue weighted by molar-refractivity contribution is 7.07. The maximum Gasteiger partial charge on any atom is 0.126 e. The van der Waals surface area contributed by atoms with Crippen LogP contribution in [0.3, 0.4) is 0 Å². The molecule has 0 saturated heterocycles. The molecule has 1 unspecified atom stereocenters. The standard InChI is InChI=1S/C13H13FOS/c1-9-6-11(2-3-12(9)14)13(15)7-10-4-5-16-8-10/h2-6,8,13,15H,7H2,1H3. The van der Waals surface area contributed by atoms with E-state index < -0.39 is 6.10 Å². The van der Waals surface area contributed by atoms with Gasteiger partial charge in [0, 0.05) is 6.42 Å². The minimum Gasteiger partial charge on any atom is -0.388 e. The lowest BCUT2D eigenvalue weighted by Crippen LogP contribution is -2.01. The van der Waals surface area contributed by atoms with Gasteiger partial charge in [0.1, 0.15) is 5.82 Å². The third kappa shape index (κ3) is 2.49. The smallest absolute Gasteiger partial charge is 0.126 e. The van der Waals surface area contributed by atoms with Crippen LogP contribution in [0.2, 0.25) is 0 Å². The van der Waals surface area contributed by atoms with Crippen molar-refractivity contribution in [3.63, 3.8) is 0 Å². The van der Waals surface area contributed by atoms with Gasteiger partial charge in [0.15, 0.2) is 0 Å². The molecule has 0 saturated carbocycles. The van der Waals surface area contributed by atoms with Crippen LogP contribution in [0.15, 0.2) is 35.0 Å². The zero-order chi connectivity index (χ0) is 11.5. The topological polar surface area (TPSA) is 20.2 Å². The summed E-state index contributed by atoms with van der Waals surface area (Å²) in [4.78, 5) is 0. The van der Waals surface area contributed by atoms with E-state index in [2.05, 4.69) is 0 Å². The van der Waals surface area contributed by atoms with E-state index in [-0.39, 0.29) is 5.82 Å². The van der Waals surface area contributed by atoms with Gasteiger partial charge < -0.3 is 5.11 Å². The molecule has 1 atom stereocenters. The Hall–Kier alpha value is -1.19. The molecular formula is C13H13FOS. The van der Waals surface area contributed by atoms with E-state index in [0.717, 1.165) is 11.1 Å². The first-order valence-electron chi connectivity index (χ1n) is 5.12. The molecule has 1 N–H and O–H groups in total. The van der Waals surface area contributed by atoms with Crippen molar-refractivity contribution in [2.75, 3.05) is 0 Å². The largest absolute Gasteiger partial charge is 0.388 e. The Labute approximate surface area is 98.2 Å². The average molecular weight is 236 g/mol. The SMILES string of the molecule is Cc1cc(C(O)Cc2ccsc2)ccc1F. The highest BCUT2D eigenvalue weighted by Gasteiger charge is 2.10. The van der Waals surface area contributed by atoms with Gasteiger partial charge in [0.2, 0.25) is 0 Å². The molecule has 0 aliphatic rings. The zero-order valence-electron chi connectivity index (χ0n) is 8.98. The zero-order valence-corrected chi connectivity index (χ0v) is 9.80. The Morgan fingerprint density at radius 2 is 2.19 bits per heavy atom. The molecule has 0 amide bonds. The molecule has 0 aliphatic heterocycles. The molecule has 2 aromatic rings. The summed E-state index contributed by atoms with van der Waals surface area (Å²) < 4.78 is 13.1. The molecule has 3 heteroatoms. The molecule has 0 aliphatic carbocycles. The number of thiophene rings is 1. The Balaban J connectivity index is 2.14. The van der Waals surface area contributed by atoms with Gasteiger partial charge in [-0.15, -0.1) is 0 Å². The van der Waals surface area contributed by atoms with Crippen LogP contribution in [-0.4, -0.2) is 5.11 Å². The molecule has 0 fully saturated rings. The number of aliphatic hydroxyl groups excluding tert-OH is 1. The number of halogens is 1. The molecule has 16 heavy (non-hydrogen) atoms. The average Bonchev–Trinajstić information content (AvgIpc) is 2.74. The highest BCUT2D eigenvalue weighted by atomic mass is 32.1. The summed E-state index contributed by atoms with van der Waals surface area (Å²) in [5, 5.41) is 14.0. The van der Waals surface area contributed by atoms with Crippen LogP contribution in [0.4, 0.5) is 4.39 Å². The summed E-state index contributed by atoms with van der Waals surface area (Å²) in [6, 6.07) is 6.73. The second-order valence-electron chi connectivity index (χ2n) is 3.86. The van der Waals surface area contributed by atoms with Crippen molar-refractivity contribution in [1.29, 1.82) is 0 Å². The number of hydrogen-bond donors (Lipinski definition) is 1. The highest BCUT2D eigenvalue weighted by Crippen LogP contribution is 2.21. The van der Waals surface area contributed by atoms with Gasteiger partial charge >= 0.3 is 0 Å². The fourth-order valence-corrected chi connectivity index (χ4v) is 2.31. The van der Waals surface area contributed by atoms with Crippen molar-refractivity contribution in [1.82, 2.24) is 0 Å². The van der Waals surface area contributed by atoms with Gasteiger partial charge in [0.05, 0.1) is 6.10 Å². The number of aliphatic hydroxyl groups is 1. The maximum absolute atomic E-state index is 13.1. The second-order valence-corrected chi connectivity index (χ2v) is 4.64. The summed E-state index contributed by atoms with van der Waals surface area (Å²) in [6.45, 7) is 1.70. The quantitative estimate of drug-likeness (QED) is 0.865. The molecule has 84 valence electrons.